The van der Waals surface area contributed by atoms with Crippen molar-refractivity contribution in [1.29, 1.82) is 0 Å². The topological polar surface area (TPSA) is 74.4 Å². The number of rotatable bonds is 5. The van der Waals surface area contributed by atoms with Crippen LogP contribution in [0, 0.1) is 5.92 Å². The summed E-state index contributed by atoms with van der Waals surface area (Å²) in [5, 5.41) is 13.3. The molecule has 0 unspecified atom stereocenters. The molecule has 5 heteroatoms. The van der Waals surface area contributed by atoms with E-state index in [1.165, 1.54) is 6.92 Å². The number of H-pyrrole nitrogens is 1. The molecule has 1 amide bonds. The summed E-state index contributed by atoms with van der Waals surface area (Å²) in [5.41, 5.74) is 1.75. The first-order valence-corrected chi connectivity index (χ1v) is 8.31. The Kier molecular flexibility index (Phi) is 4.86. The fourth-order valence-corrected chi connectivity index (χ4v) is 3.26. The van der Waals surface area contributed by atoms with Crippen LogP contribution in [0.5, 0.6) is 5.75 Å². The van der Waals surface area contributed by atoms with Gasteiger partial charge in [0.1, 0.15) is 5.75 Å². The van der Waals surface area contributed by atoms with Gasteiger partial charge >= 0.3 is 0 Å². The van der Waals surface area contributed by atoms with Gasteiger partial charge in [-0.2, -0.15) is 0 Å². The van der Waals surface area contributed by atoms with Crippen molar-refractivity contribution < 1.29 is 14.6 Å². The molecule has 0 saturated heterocycles. The van der Waals surface area contributed by atoms with Gasteiger partial charge in [-0.15, -0.1) is 0 Å². The van der Waals surface area contributed by atoms with Crippen molar-refractivity contribution in [3.63, 3.8) is 0 Å². The molecule has 1 aliphatic carbocycles. The normalized spacial score (nSPS) is 21.3. The standard InChI is InChI=1S/C18H24N2O3/c1-12(21)20-18-11-19-17-7-6-15(10-16(17)18)23-9-8-13-2-4-14(22)5-3-13/h6-7,10-11,13-14,19,22H,2-5,8-9H2,1H3,(H,20,21). The molecule has 124 valence electrons. The van der Waals surface area contributed by atoms with Gasteiger partial charge in [-0.25, -0.2) is 0 Å². The molecule has 0 radical (unpaired) electrons. The Labute approximate surface area is 136 Å². The molecular formula is C18H24N2O3. The minimum Gasteiger partial charge on any atom is -0.494 e. The molecule has 0 atom stereocenters. The van der Waals surface area contributed by atoms with Crippen LogP contribution in [0.25, 0.3) is 10.9 Å². The fourth-order valence-electron chi connectivity index (χ4n) is 3.26. The number of carbonyl (C=O) groups excluding carboxylic acids is 1. The second-order valence-corrected chi connectivity index (χ2v) is 6.40. The van der Waals surface area contributed by atoms with E-state index in [4.69, 9.17) is 4.74 Å². The monoisotopic (exact) mass is 316 g/mol. The molecular weight excluding hydrogens is 292 g/mol. The van der Waals surface area contributed by atoms with Gasteiger partial charge < -0.3 is 20.1 Å². The Bertz CT molecular complexity index is 672. The number of benzene rings is 1. The lowest BCUT2D eigenvalue weighted by Gasteiger charge is -2.25. The summed E-state index contributed by atoms with van der Waals surface area (Å²) in [6.45, 7) is 2.19. The van der Waals surface area contributed by atoms with Crippen LogP contribution in [0.4, 0.5) is 5.69 Å². The van der Waals surface area contributed by atoms with Crippen molar-refractivity contribution >= 4 is 22.5 Å². The quantitative estimate of drug-likeness (QED) is 0.791. The Morgan fingerprint density at radius 3 is 2.87 bits per heavy atom. The van der Waals surface area contributed by atoms with E-state index in [-0.39, 0.29) is 12.0 Å². The zero-order valence-electron chi connectivity index (χ0n) is 13.5. The van der Waals surface area contributed by atoms with E-state index in [2.05, 4.69) is 10.3 Å². The summed E-state index contributed by atoms with van der Waals surface area (Å²) in [6.07, 6.45) is 6.73. The maximum Gasteiger partial charge on any atom is 0.221 e. The zero-order valence-corrected chi connectivity index (χ0v) is 13.5. The van der Waals surface area contributed by atoms with Gasteiger partial charge in [0.15, 0.2) is 0 Å². The lowest BCUT2D eigenvalue weighted by molar-refractivity contribution is -0.114. The highest BCUT2D eigenvalue weighted by molar-refractivity contribution is 6.01. The molecule has 1 aromatic heterocycles. The van der Waals surface area contributed by atoms with Crippen LogP contribution < -0.4 is 10.1 Å². The lowest BCUT2D eigenvalue weighted by Crippen LogP contribution is -2.19. The van der Waals surface area contributed by atoms with E-state index < -0.39 is 0 Å². The highest BCUT2D eigenvalue weighted by Gasteiger charge is 2.19. The minimum absolute atomic E-state index is 0.0864. The first-order chi connectivity index (χ1) is 11.1. The third kappa shape index (κ3) is 4.05. The summed E-state index contributed by atoms with van der Waals surface area (Å²) in [4.78, 5) is 14.4. The Hall–Kier alpha value is -2.01. The predicted molar refractivity (Wildman–Crippen MR) is 90.7 cm³/mol. The molecule has 0 spiro atoms. The number of hydrogen-bond acceptors (Lipinski definition) is 3. The second kappa shape index (κ2) is 7.04. The summed E-state index contributed by atoms with van der Waals surface area (Å²) in [5.74, 6) is 1.39. The molecule has 1 saturated carbocycles. The Balaban J connectivity index is 1.58. The summed E-state index contributed by atoms with van der Waals surface area (Å²) < 4.78 is 5.88. The van der Waals surface area contributed by atoms with Crippen molar-refractivity contribution in [2.24, 2.45) is 5.92 Å². The van der Waals surface area contributed by atoms with Gasteiger partial charge in [-0.05, 0) is 56.2 Å². The number of aliphatic hydroxyl groups is 1. The van der Waals surface area contributed by atoms with Gasteiger partial charge in [0.2, 0.25) is 5.91 Å². The van der Waals surface area contributed by atoms with Gasteiger partial charge in [0.25, 0.3) is 0 Å². The van der Waals surface area contributed by atoms with E-state index in [1.807, 2.05) is 18.2 Å². The number of anilines is 1. The van der Waals surface area contributed by atoms with E-state index >= 15 is 0 Å². The molecule has 23 heavy (non-hydrogen) atoms. The third-order valence-corrected chi connectivity index (χ3v) is 4.58. The summed E-state index contributed by atoms with van der Waals surface area (Å²) >= 11 is 0. The number of fused-ring (bicyclic) bond motifs is 1. The molecule has 3 N–H and O–H groups in total. The maximum atomic E-state index is 11.2. The Morgan fingerprint density at radius 1 is 1.35 bits per heavy atom. The molecule has 1 fully saturated rings. The van der Waals surface area contributed by atoms with E-state index in [1.54, 1.807) is 6.20 Å². The first-order valence-electron chi connectivity index (χ1n) is 8.31. The maximum absolute atomic E-state index is 11.2. The molecule has 2 aromatic rings. The molecule has 0 bridgehead atoms. The number of nitrogens with one attached hydrogen (secondary N) is 2. The van der Waals surface area contributed by atoms with E-state index in [0.717, 1.165) is 54.4 Å². The number of aromatic amines is 1. The average molecular weight is 316 g/mol. The smallest absolute Gasteiger partial charge is 0.221 e. The third-order valence-electron chi connectivity index (χ3n) is 4.58. The van der Waals surface area contributed by atoms with Crippen LogP contribution in [0.15, 0.2) is 24.4 Å². The number of amides is 1. The highest BCUT2D eigenvalue weighted by atomic mass is 16.5. The number of hydrogen-bond donors (Lipinski definition) is 3. The van der Waals surface area contributed by atoms with Crippen molar-refractivity contribution in [3.8, 4) is 5.75 Å². The van der Waals surface area contributed by atoms with Crippen LogP contribution in [0.2, 0.25) is 0 Å². The van der Waals surface area contributed by atoms with E-state index in [9.17, 15) is 9.90 Å². The fraction of sp³-hybridized carbons (Fsp3) is 0.500. The zero-order chi connectivity index (χ0) is 16.2. The number of ether oxygens (including phenoxy) is 1. The molecule has 1 aromatic carbocycles. The van der Waals surface area contributed by atoms with Crippen molar-refractivity contribution in [2.75, 3.05) is 11.9 Å². The van der Waals surface area contributed by atoms with Crippen LogP contribution in [0.1, 0.15) is 39.0 Å². The van der Waals surface area contributed by atoms with Gasteiger partial charge in [-0.1, -0.05) is 0 Å². The number of aliphatic hydroxyl groups excluding tert-OH is 1. The van der Waals surface area contributed by atoms with Gasteiger partial charge in [-0.3, -0.25) is 4.79 Å². The van der Waals surface area contributed by atoms with Gasteiger partial charge in [0, 0.05) is 24.0 Å². The number of aromatic nitrogens is 1. The molecule has 3 rings (SSSR count). The van der Waals surface area contributed by atoms with Crippen molar-refractivity contribution in [2.45, 2.75) is 45.1 Å². The van der Waals surface area contributed by atoms with Crippen LogP contribution in [-0.4, -0.2) is 28.7 Å². The van der Waals surface area contributed by atoms with Crippen LogP contribution >= 0.6 is 0 Å². The lowest BCUT2D eigenvalue weighted by atomic mass is 9.86. The highest BCUT2D eigenvalue weighted by Crippen LogP contribution is 2.29. The number of carbonyl (C=O) groups is 1. The summed E-state index contributed by atoms with van der Waals surface area (Å²) in [6, 6.07) is 5.87. The molecule has 1 aliphatic rings. The molecule has 1 heterocycles. The minimum atomic E-state index is -0.102. The van der Waals surface area contributed by atoms with Crippen molar-refractivity contribution in [3.05, 3.63) is 24.4 Å². The molecule has 5 nitrogen and oxygen atoms in total. The SMILES string of the molecule is CC(=O)Nc1c[nH]c2ccc(OCCC3CCC(O)CC3)cc12. The van der Waals surface area contributed by atoms with Crippen LogP contribution in [-0.2, 0) is 4.79 Å². The predicted octanol–water partition coefficient (Wildman–Crippen LogP) is 3.45. The van der Waals surface area contributed by atoms with E-state index in [0.29, 0.717) is 12.5 Å². The molecule has 0 aliphatic heterocycles. The average Bonchev–Trinajstić information content (AvgIpc) is 2.91. The first kappa shape index (κ1) is 15.9. The Morgan fingerprint density at radius 2 is 2.13 bits per heavy atom. The van der Waals surface area contributed by atoms with Crippen molar-refractivity contribution in [1.82, 2.24) is 4.98 Å². The summed E-state index contributed by atoms with van der Waals surface area (Å²) in [7, 11) is 0. The van der Waals surface area contributed by atoms with Gasteiger partial charge in [0.05, 0.1) is 18.4 Å². The largest absolute Gasteiger partial charge is 0.494 e. The van der Waals surface area contributed by atoms with Crippen LogP contribution in [0.3, 0.4) is 0 Å². The second-order valence-electron chi connectivity index (χ2n) is 6.40.